The number of hydrogen-bond acceptors (Lipinski definition) is 6. The van der Waals surface area contributed by atoms with Crippen molar-refractivity contribution in [2.75, 3.05) is 19.4 Å². The van der Waals surface area contributed by atoms with E-state index in [1.807, 2.05) is 0 Å². The SMILES string of the molecule is CCC1CCc2onc(C(=O)Nc3cnn(Cc4ccc(S(=O)(=O)N(C)C)cc4)c3)c2C1. The Morgan fingerprint density at radius 3 is 2.72 bits per heavy atom. The van der Waals surface area contributed by atoms with Crippen molar-refractivity contribution in [3.05, 3.63) is 59.2 Å². The molecule has 1 aliphatic carbocycles. The summed E-state index contributed by atoms with van der Waals surface area (Å²) in [5.74, 6) is 1.06. The molecule has 1 aromatic carbocycles. The minimum Gasteiger partial charge on any atom is -0.360 e. The molecule has 1 unspecified atom stereocenters. The molecule has 10 heteroatoms. The smallest absolute Gasteiger partial charge is 0.278 e. The molecule has 1 N–H and O–H groups in total. The topological polar surface area (TPSA) is 110 Å². The molecule has 4 rings (SSSR count). The molecule has 3 aromatic rings. The number of sulfonamides is 1. The number of rotatable bonds is 7. The van der Waals surface area contributed by atoms with Crippen LogP contribution in [0.4, 0.5) is 5.69 Å². The van der Waals surface area contributed by atoms with Crippen LogP contribution in [0.1, 0.15) is 47.1 Å². The highest BCUT2D eigenvalue weighted by Gasteiger charge is 2.28. The summed E-state index contributed by atoms with van der Waals surface area (Å²) in [6.07, 6.45) is 7.07. The zero-order valence-corrected chi connectivity index (χ0v) is 19.2. The second kappa shape index (κ2) is 8.87. The molecular formula is C22H27N5O4S. The van der Waals surface area contributed by atoms with Crippen LogP contribution in [0, 0.1) is 5.92 Å². The quantitative estimate of drug-likeness (QED) is 0.584. The Bertz CT molecular complexity index is 1210. The molecule has 0 bridgehead atoms. The normalized spacial score (nSPS) is 16.2. The lowest BCUT2D eigenvalue weighted by Gasteiger charge is -2.19. The molecule has 2 aromatic heterocycles. The predicted octanol–water partition coefficient (Wildman–Crippen LogP) is 2.94. The van der Waals surface area contributed by atoms with Gasteiger partial charge in [-0.1, -0.05) is 30.6 Å². The van der Waals surface area contributed by atoms with Gasteiger partial charge in [0, 0.05) is 32.3 Å². The van der Waals surface area contributed by atoms with E-state index >= 15 is 0 Å². The number of amides is 1. The highest BCUT2D eigenvalue weighted by atomic mass is 32.2. The first-order valence-corrected chi connectivity index (χ1v) is 12.0. The largest absolute Gasteiger partial charge is 0.360 e. The van der Waals surface area contributed by atoms with Gasteiger partial charge in [-0.2, -0.15) is 5.10 Å². The van der Waals surface area contributed by atoms with Gasteiger partial charge >= 0.3 is 0 Å². The summed E-state index contributed by atoms with van der Waals surface area (Å²) in [6.45, 7) is 2.60. The van der Waals surface area contributed by atoms with Gasteiger partial charge in [-0.15, -0.1) is 0 Å². The van der Waals surface area contributed by atoms with Crippen molar-refractivity contribution in [3.63, 3.8) is 0 Å². The number of fused-ring (bicyclic) bond motifs is 1. The van der Waals surface area contributed by atoms with Crippen molar-refractivity contribution in [2.24, 2.45) is 5.92 Å². The third-order valence-corrected chi connectivity index (χ3v) is 7.70. The number of hydrogen-bond donors (Lipinski definition) is 1. The summed E-state index contributed by atoms with van der Waals surface area (Å²) in [5, 5.41) is 11.1. The van der Waals surface area contributed by atoms with Gasteiger partial charge in [0.25, 0.3) is 5.91 Å². The number of aromatic nitrogens is 3. The first kappa shape index (κ1) is 22.2. The molecule has 0 spiro atoms. The maximum atomic E-state index is 12.8. The van der Waals surface area contributed by atoms with Gasteiger partial charge in [0.15, 0.2) is 5.69 Å². The molecule has 0 radical (unpaired) electrons. The van der Waals surface area contributed by atoms with Crippen molar-refractivity contribution < 1.29 is 17.7 Å². The minimum atomic E-state index is -3.46. The summed E-state index contributed by atoms with van der Waals surface area (Å²) in [6, 6.07) is 6.66. The van der Waals surface area contributed by atoms with Crippen LogP contribution in [0.25, 0.3) is 0 Å². The first-order chi connectivity index (χ1) is 15.3. The second-order valence-electron chi connectivity index (χ2n) is 8.26. The fraction of sp³-hybridized carbons (Fsp3) is 0.409. The molecule has 1 atom stereocenters. The molecule has 32 heavy (non-hydrogen) atoms. The zero-order chi connectivity index (χ0) is 22.9. The average molecular weight is 458 g/mol. The van der Waals surface area contributed by atoms with Crippen molar-refractivity contribution in [2.45, 2.75) is 44.0 Å². The fourth-order valence-corrected chi connectivity index (χ4v) is 4.77. The van der Waals surface area contributed by atoms with Crippen LogP contribution in [0.2, 0.25) is 0 Å². The second-order valence-corrected chi connectivity index (χ2v) is 10.4. The van der Waals surface area contributed by atoms with Crippen LogP contribution in [0.5, 0.6) is 0 Å². The van der Waals surface area contributed by atoms with Crippen molar-refractivity contribution >= 4 is 21.6 Å². The van der Waals surface area contributed by atoms with E-state index in [2.05, 4.69) is 22.5 Å². The highest BCUT2D eigenvalue weighted by Crippen LogP contribution is 2.30. The Morgan fingerprint density at radius 1 is 1.28 bits per heavy atom. The molecule has 9 nitrogen and oxygen atoms in total. The Labute approximate surface area is 187 Å². The summed E-state index contributed by atoms with van der Waals surface area (Å²) in [4.78, 5) is 13.0. The van der Waals surface area contributed by atoms with E-state index in [0.717, 1.165) is 42.6 Å². The Morgan fingerprint density at radius 2 is 2.03 bits per heavy atom. The number of nitrogens with zero attached hydrogens (tertiary/aromatic N) is 4. The molecule has 170 valence electrons. The monoisotopic (exact) mass is 457 g/mol. The molecule has 0 fully saturated rings. The highest BCUT2D eigenvalue weighted by molar-refractivity contribution is 7.89. The third kappa shape index (κ3) is 4.46. The van der Waals surface area contributed by atoms with Gasteiger partial charge < -0.3 is 9.84 Å². The maximum Gasteiger partial charge on any atom is 0.278 e. The fourth-order valence-electron chi connectivity index (χ4n) is 3.87. The average Bonchev–Trinajstić information content (AvgIpc) is 3.40. The van der Waals surface area contributed by atoms with Crippen LogP contribution in [-0.2, 0) is 29.4 Å². The number of anilines is 1. The number of carbonyl (C=O) groups excluding carboxylic acids is 1. The molecule has 1 aliphatic rings. The van der Waals surface area contributed by atoms with Crippen LogP contribution in [0.15, 0.2) is 46.1 Å². The lowest BCUT2D eigenvalue weighted by Crippen LogP contribution is -2.22. The lowest BCUT2D eigenvalue weighted by molar-refractivity contribution is 0.101. The van der Waals surface area contributed by atoms with Crippen molar-refractivity contribution in [1.29, 1.82) is 0 Å². The van der Waals surface area contributed by atoms with Crippen molar-refractivity contribution in [1.82, 2.24) is 19.2 Å². The van der Waals surface area contributed by atoms with Crippen molar-refractivity contribution in [3.8, 4) is 0 Å². The van der Waals surface area contributed by atoms with Gasteiger partial charge in [-0.25, -0.2) is 12.7 Å². The van der Waals surface area contributed by atoms with E-state index in [0.29, 0.717) is 23.8 Å². The van der Waals surface area contributed by atoms with E-state index in [1.165, 1.54) is 18.4 Å². The Hall–Kier alpha value is -2.98. The number of carbonyl (C=O) groups is 1. The van der Waals surface area contributed by atoms with Crippen LogP contribution >= 0.6 is 0 Å². The Balaban J connectivity index is 1.42. The molecule has 0 saturated carbocycles. The van der Waals surface area contributed by atoms with E-state index in [4.69, 9.17) is 4.52 Å². The molecule has 2 heterocycles. The summed E-state index contributed by atoms with van der Waals surface area (Å²) >= 11 is 0. The predicted molar refractivity (Wildman–Crippen MR) is 119 cm³/mol. The molecular weight excluding hydrogens is 430 g/mol. The molecule has 0 saturated heterocycles. The van der Waals surface area contributed by atoms with E-state index in [-0.39, 0.29) is 10.8 Å². The van der Waals surface area contributed by atoms with Gasteiger partial charge in [0.05, 0.1) is 23.3 Å². The Kier molecular flexibility index (Phi) is 6.16. The van der Waals surface area contributed by atoms with Crippen LogP contribution in [0.3, 0.4) is 0 Å². The summed E-state index contributed by atoms with van der Waals surface area (Å²) in [5.41, 5.74) is 2.71. The minimum absolute atomic E-state index is 0.237. The molecule has 1 amide bonds. The van der Waals surface area contributed by atoms with Gasteiger partial charge in [-0.05, 0) is 36.5 Å². The van der Waals surface area contributed by atoms with E-state index in [9.17, 15) is 13.2 Å². The third-order valence-electron chi connectivity index (χ3n) is 5.87. The number of nitrogens with one attached hydrogen (secondary N) is 1. The van der Waals surface area contributed by atoms with E-state index in [1.54, 1.807) is 41.3 Å². The first-order valence-electron chi connectivity index (χ1n) is 10.6. The summed E-state index contributed by atoms with van der Waals surface area (Å²) < 4.78 is 32.6. The lowest BCUT2D eigenvalue weighted by atomic mass is 9.85. The van der Waals surface area contributed by atoms with Gasteiger partial charge in [-0.3, -0.25) is 9.48 Å². The standard InChI is InChI=1S/C22H27N5O4S/c1-4-15-7-10-20-19(11-15)21(25-31-20)22(28)24-17-12-23-27(14-17)13-16-5-8-18(9-6-16)32(29,30)26(2)3/h5-6,8-9,12,14-15H,4,7,10-11,13H2,1-3H3,(H,24,28). The molecule has 0 aliphatic heterocycles. The van der Waals surface area contributed by atoms with Crippen LogP contribution in [-0.4, -0.2) is 47.7 Å². The zero-order valence-electron chi connectivity index (χ0n) is 18.4. The van der Waals surface area contributed by atoms with Gasteiger partial charge in [0.1, 0.15) is 5.76 Å². The van der Waals surface area contributed by atoms with E-state index < -0.39 is 10.0 Å². The maximum absolute atomic E-state index is 12.8. The van der Waals surface area contributed by atoms with Crippen LogP contribution < -0.4 is 5.32 Å². The summed E-state index contributed by atoms with van der Waals surface area (Å²) in [7, 11) is -0.460. The van der Waals surface area contributed by atoms with Gasteiger partial charge in [0.2, 0.25) is 10.0 Å². The number of aryl methyl sites for hydroxylation is 1. The number of benzene rings is 1.